The van der Waals surface area contributed by atoms with Gasteiger partial charge in [-0.15, -0.1) is 0 Å². The van der Waals surface area contributed by atoms with Crippen LogP contribution in [0.1, 0.15) is 8.22 Å². The molecule has 21 heavy (non-hydrogen) atoms. The Morgan fingerprint density at radius 2 is 1.62 bits per heavy atom. The summed E-state index contributed by atoms with van der Waals surface area (Å²) in [5, 5.41) is -0.0181. The summed E-state index contributed by atoms with van der Waals surface area (Å²) in [7, 11) is -4.53. The Morgan fingerprint density at radius 3 is 2.33 bits per heavy atom. The highest BCUT2D eigenvalue weighted by atomic mass is 28.3. The largest absolute Gasteiger partial charge is 0.256 e. The van der Waals surface area contributed by atoms with Gasteiger partial charge in [-0.3, -0.25) is 4.98 Å². The van der Waals surface area contributed by atoms with Crippen molar-refractivity contribution in [1.82, 2.24) is 4.98 Å². The average Bonchev–Trinajstić information content (AvgIpc) is 2.66. The van der Waals surface area contributed by atoms with Gasteiger partial charge in [-0.2, -0.15) is 0 Å². The number of hydrogen-bond donors (Lipinski definition) is 0. The fourth-order valence-corrected chi connectivity index (χ4v) is 2.64. The molecule has 0 bridgehead atoms. The van der Waals surface area contributed by atoms with Gasteiger partial charge in [0.25, 0.3) is 0 Å². The van der Waals surface area contributed by atoms with Crippen molar-refractivity contribution in [3.63, 3.8) is 0 Å². The highest BCUT2D eigenvalue weighted by Gasteiger charge is 2.04. The summed E-state index contributed by atoms with van der Waals surface area (Å²) in [5.74, 6) is 0. The Labute approximate surface area is 137 Å². The van der Waals surface area contributed by atoms with Crippen molar-refractivity contribution in [3.8, 4) is 22.4 Å². The molecule has 0 radical (unpaired) electrons. The van der Waals surface area contributed by atoms with Gasteiger partial charge in [0.2, 0.25) is 0 Å². The fourth-order valence-electron chi connectivity index (χ4n) is 2.20. The second-order valence-electron chi connectivity index (χ2n) is 4.75. The van der Waals surface area contributed by atoms with E-state index in [9.17, 15) is 0 Å². The first-order valence-corrected chi connectivity index (χ1v) is 8.16. The normalized spacial score (nSPS) is 17.4. The zero-order valence-corrected chi connectivity index (χ0v) is 12.4. The highest BCUT2D eigenvalue weighted by Crippen LogP contribution is 2.24. The molecule has 0 amide bonds. The lowest BCUT2D eigenvalue weighted by Gasteiger charge is -2.07. The highest BCUT2D eigenvalue weighted by molar-refractivity contribution is 6.70. The molecule has 0 saturated carbocycles. The van der Waals surface area contributed by atoms with Gasteiger partial charge in [0.15, 0.2) is 0 Å². The summed E-state index contributed by atoms with van der Waals surface area (Å²) in [6.45, 7) is -5.76. The van der Waals surface area contributed by atoms with Crippen molar-refractivity contribution >= 4 is 13.9 Å². The second kappa shape index (κ2) is 6.06. The van der Waals surface area contributed by atoms with Crippen LogP contribution in [0.25, 0.3) is 22.4 Å². The molecule has 0 aliphatic carbocycles. The molecule has 3 aromatic rings. The summed E-state index contributed by atoms with van der Waals surface area (Å²) in [6, 6.07) is 20.6. The maximum Gasteiger partial charge on any atom is 0.0702 e. The third kappa shape index (κ3) is 3.11. The lowest BCUT2D eigenvalue weighted by atomic mass is 10.0. The van der Waals surface area contributed by atoms with Gasteiger partial charge < -0.3 is 0 Å². The number of aromatic nitrogens is 1. The SMILES string of the molecule is [2H]C([2H])([2H])[Si]([2H])(c1ccc(-c2cccc(-c3ccccc3)c2)nc1)C([2H])([2H])[2H]. The van der Waals surface area contributed by atoms with E-state index in [1.165, 1.54) is 12.3 Å². The molecule has 0 spiro atoms. The molecular formula is C19H19NSi. The zero-order valence-electron chi connectivity index (χ0n) is 18.4. The van der Waals surface area contributed by atoms with Crippen LogP contribution in [0.3, 0.4) is 0 Å². The standard InChI is InChI=1S/C19H19NSi/c1-21(2)18-11-12-19(20-14-18)17-10-6-9-16(13-17)15-7-4-3-5-8-15/h3-14,21H,1-2H3/i1D3,2D3,21D. The van der Waals surface area contributed by atoms with Crippen molar-refractivity contribution in [2.75, 3.05) is 0 Å². The molecule has 1 nitrogen and oxygen atoms in total. The van der Waals surface area contributed by atoms with Crippen molar-refractivity contribution in [3.05, 3.63) is 72.9 Å². The molecule has 0 fully saturated rings. The van der Waals surface area contributed by atoms with Gasteiger partial charge in [-0.05, 0) is 28.4 Å². The van der Waals surface area contributed by atoms with Crippen LogP contribution >= 0.6 is 0 Å². The first-order chi connectivity index (χ1) is 13.0. The molecular weight excluding hydrogens is 270 g/mol. The van der Waals surface area contributed by atoms with Crippen LogP contribution in [0, 0.1) is 0 Å². The molecule has 0 aliphatic heterocycles. The van der Waals surface area contributed by atoms with E-state index < -0.39 is 21.7 Å². The quantitative estimate of drug-likeness (QED) is 0.663. The van der Waals surface area contributed by atoms with Crippen molar-refractivity contribution < 1.29 is 8.22 Å². The molecule has 2 aromatic carbocycles. The number of pyridine rings is 1. The molecule has 0 unspecified atom stereocenters. The van der Waals surface area contributed by atoms with E-state index in [0.717, 1.165) is 16.7 Å². The number of benzene rings is 2. The van der Waals surface area contributed by atoms with Gasteiger partial charge in [0, 0.05) is 21.2 Å². The molecule has 0 atom stereocenters. The van der Waals surface area contributed by atoms with Crippen LogP contribution in [0.15, 0.2) is 72.9 Å². The van der Waals surface area contributed by atoms with Crippen molar-refractivity contribution in [2.45, 2.75) is 13.0 Å². The molecule has 1 heterocycles. The van der Waals surface area contributed by atoms with Crippen molar-refractivity contribution in [2.24, 2.45) is 0 Å². The second-order valence-corrected chi connectivity index (χ2v) is 6.08. The fraction of sp³-hybridized carbons (Fsp3) is 0.105. The number of rotatable bonds is 3. The zero-order chi connectivity index (χ0) is 20.6. The van der Waals surface area contributed by atoms with Gasteiger partial charge in [0.1, 0.15) is 0 Å². The molecule has 2 heteroatoms. The number of nitrogens with zero attached hydrogens (tertiary/aromatic N) is 1. The smallest absolute Gasteiger partial charge is 0.0702 e. The monoisotopic (exact) mass is 296 g/mol. The van der Waals surface area contributed by atoms with E-state index in [1.807, 2.05) is 54.6 Å². The Kier molecular flexibility index (Phi) is 2.23. The van der Waals surface area contributed by atoms with Crippen LogP contribution < -0.4 is 5.19 Å². The van der Waals surface area contributed by atoms with E-state index in [-0.39, 0.29) is 5.19 Å². The van der Waals surface area contributed by atoms with E-state index >= 15 is 0 Å². The topological polar surface area (TPSA) is 12.9 Å². The average molecular weight is 296 g/mol. The minimum atomic E-state index is -4.53. The predicted octanol–water partition coefficient (Wildman–Crippen LogP) is 4.11. The first kappa shape index (κ1) is 7.71. The third-order valence-corrected chi connectivity index (χ3v) is 4.19. The minimum Gasteiger partial charge on any atom is -0.256 e. The van der Waals surface area contributed by atoms with E-state index in [2.05, 4.69) is 4.98 Å². The Bertz CT molecular complexity index is 937. The maximum atomic E-state index is 8.36. The molecule has 0 N–H and O–H groups in total. The molecule has 104 valence electrons. The van der Waals surface area contributed by atoms with Crippen LogP contribution in [0.2, 0.25) is 13.0 Å². The van der Waals surface area contributed by atoms with E-state index in [1.54, 1.807) is 6.07 Å². The lowest BCUT2D eigenvalue weighted by molar-refractivity contribution is 1.34. The molecule has 1 aromatic heterocycles. The Balaban J connectivity index is 2.00. The summed E-state index contributed by atoms with van der Waals surface area (Å²) in [6.07, 6.45) is 1.24. The van der Waals surface area contributed by atoms with Gasteiger partial charge in [-0.25, -0.2) is 0 Å². The maximum absolute atomic E-state index is 8.36. The molecule has 0 saturated heterocycles. The summed E-state index contributed by atoms with van der Waals surface area (Å²) >= 11 is 0. The van der Waals surface area contributed by atoms with Crippen LogP contribution in [0.5, 0.6) is 0 Å². The Hall–Kier alpha value is -2.19. The number of hydrogen-bond acceptors (Lipinski definition) is 1. The van der Waals surface area contributed by atoms with Crippen molar-refractivity contribution in [1.29, 1.82) is 1.23 Å². The van der Waals surface area contributed by atoms with Crippen LogP contribution in [-0.4, -0.2) is 14.9 Å². The van der Waals surface area contributed by atoms with Gasteiger partial charge in [-0.1, -0.05) is 67.5 Å². The van der Waals surface area contributed by atoms with Crippen LogP contribution in [0.4, 0.5) is 0 Å². The summed E-state index contributed by atoms with van der Waals surface area (Å²) < 4.78 is 54.2. The first-order valence-electron chi connectivity index (χ1n) is 10.2. The van der Waals surface area contributed by atoms with E-state index in [0.29, 0.717) is 5.69 Å². The van der Waals surface area contributed by atoms with E-state index in [4.69, 9.17) is 9.46 Å². The van der Waals surface area contributed by atoms with Crippen LogP contribution in [-0.2, 0) is 0 Å². The summed E-state index contributed by atoms with van der Waals surface area (Å²) in [4.78, 5) is 4.29. The summed E-state index contributed by atoms with van der Waals surface area (Å²) in [5.41, 5.74) is 3.49. The molecule has 0 aliphatic rings. The van der Waals surface area contributed by atoms with Gasteiger partial charge in [0.05, 0.1) is 14.4 Å². The Morgan fingerprint density at radius 1 is 0.857 bits per heavy atom. The minimum absolute atomic E-state index is 0.0181. The van der Waals surface area contributed by atoms with Gasteiger partial charge >= 0.3 is 0 Å². The third-order valence-electron chi connectivity index (χ3n) is 3.32. The lowest BCUT2D eigenvalue weighted by Crippen LogP contribution is -2.22. The molecule has 3 rings (SSSR count). The predicted molar refractivity (Wildman–Crippen MR) is 93.6 cm³/mol.